The summed E-state index contributed by atoms with van der Waals surface area (Å²) >= 11 is 0. The van der Waals surface area contributed by atoms with Crippen molar-refractivity contribution in [2.75, 3.05) is 14.2 Å². The van der Waals surface area contributed by atoms with E-state index in [9.17, 15) is 0 Å². The average Bonchev–Trinajstić information content (AvgIpc) is 2.84. The van der Waals surface area contributed by atoms with Gasteiger partial charge < -0.3 is 10.1 Å². The Morgan fingerprint density at radius 3 is 2.89 bits per heavy atom. The number of ether oxygens (including phenoxy) is 1. The second-order valence-corrected chi connectivity index (χ2v) is 5.35. The van der Waals surface area contributed by atoms with Crippen LogP contribution in [-0.2, 0) is 4.74 Å². The zero-order chi connectivity index (χ0) is 13.9. The van der Waals surface area contributed by atoms with Gasteiger partial charge in [0.1, 0.15) is 0 Å². The molecule has 5 heteroatoms. The summed E-state index contributed by atoms with van der Waals surface area (Å²) in [5, 5.41) is 7.71. The normalized spacial score (nSPS) is 13.9. The van der Waals surface area contributed by atoms with E-state index < -0.39 is 0 Å². The van der Waals surface area contributed by atoms with Crippen LogP contribution in [0.3, 0.4) is 0 Å². The maximum absolute atomic E-state index is 5.48. The standard InChI is InChI=1S/C14H22N4O/c1-14(2,19-4)6-5-12(15-3)11-9-17-18-8-7-16-10-13(11)18/h7-10,12,15H,5-6H2,1-4H3. The minimum absolute atomic E-state index is 0.101. The lowest BCUT2D eigenvalue weighted by Gasteiger charge is -2.25. The Bertz CT molecular complexity index is 535. The monoisotopic (exact) mass is 262 g/mol. The van der Waals surface area contributed by atoms with E-state index in [1.165, 1.54) is 5.56 Å². The van der Waals surface area contributed by atoms with Gasteiger partial charge in [-0.2, -0.15) is 5.10 Å². The number of rotatable bonds is 6. The summed E-state index contributed by atoms with van der Waals surface area (Å²) in [6.45, 7) is 4.22. The predicted octanol–water partition coefficient (Wildman–Crippen LogP) is 2.19. The first-order valence-corrected chi connectivity index (χ1v) is 6.57. The van der Waals surface area contributed by atoms with Crippen molar-refractivity contribution >= 4 is 5.52 Å². The van der Waals surface area contributed by atoms with E-state index in [1.807, 2.05) is 30.2 Å². The van der Waals surface area contributed by atoms with Gasteiger partial charge in [0.15, 0.2) is 0 Å². The van der Waals surface area contributed by atoms with Crippen LogP contribution in [-0.4, -0.2) is 34.4 Å². The SMILES string of the molecule is CNC(CCC(C)(C)OC)c1cnn2ccncc12. The molecular formula is C14H22N4O. The lowest BCUT2D eigenvalue weighted by atomic mass is 9.96. The lowest BCUT2D eigenvalue weighted by molar-refractivity contribution is 0.0118. The number of nitrogens with zero attached hydrogens (tertiary/aromatic N) is 3. The summed E-state index contributed by atoms with van der Waals surface area (Å²) in [6, 6.07) is 0.260. The van der Waals surface area contributed by atoms with Crippen LogP contribution in [0.25, 0.3) is 5.52 Å². The van der Waals surface area contributed by atoms with Crippen molar-refractivity contribution in [3.05, 3.63) is 30.4 Å². The van der Waals surface area contributed by atoms with Crippen LogP contribution < -0.4 is 5.32 Å². The van der Waals surface area contributed by atoms with Crippen LogP contribution in [0, 0.1) is 0 Å². The van der Waals surface area contributed by atoms with E-state index in [0.717, 1.165) is 18.4 Å². The molecule has 2 aromatic heterocycles. The van der Waals surface area contributed by atoms with Gasteiger partial charge in [0, 0.05) is 31.1 Å². The average molecular weight is 262 g/mol. The van der Waals surface area contributed by atoms with Crippen molar-refractivity contribution in [2.24, 2.45) is 0 Å². The molecule has 1 atom stereocenters. The minimum Gasteiger partial charge on any atom is -0.379 e. The van der Waals surface area contributed by atoms with Crippen molar-refractivity contribution in [3.8, 4) is 0 Å². The van der Waals surface area contributed by atoms with Crippen molar-refractivity contribution < 1.29 is 4.74 Å². The Balaban J connectivity index is 2.18. The van der Waals surface area contributed by atoms with Crippen LogP contribution >= 0.6 is 0 Å². The molecule has 2 heterocycles. The quantitative estimate of drug-likeness (QED) is 0.867. The minimum atomic E-state index is -0.101. The van der Waals surface area contributed by atoms with Gasteiger partial charge in [-0.15, -0.1) is 0 Å². The third-order valence-electron chi connectivity index (χ3n) is 3.67. The molecule has 19 heavy (non-hydrogen) atoms. The molecule has 104 valence electrons. The first kappa shape index (κ1) is 14.0. The Hall–Kier alpha value is -1.46. The molecule has 1 unspecified atom stereocenters. The number of hydrogen-bond acceptors (Lipinski definition) is 4. The molecule has 2 rings (SSSR count). The fourth-order valence-electron chi connectivity index (χ4n) is 2.17. The summed E-state index contributed by atoms with van der Waals surface area (Å²) in [4.78, 5) is 4.17. The van der Waals surface area contributed by atoms with Gasteiger partial charge >= 0.3 is 0 Å². The van der Waals surface area contributed by atoms with E-state index in [-0.39, 0.29) is 11.6 Å². The number of fused-ring (bicyclic) bond motifs is 1. The highest BCUT2D eigenvalue weighted by Crippen LogP contribution is 2.26. The summed E-state index contributed by atoms with van der Waals surface area (Å²) < 4.78 is 7.33. The number of nitrogens with one attached hydrogen (secondary N) is 1. The lowest BCUT2D eigenvalue weighted by Crippen LogP contribution is -2.25. The predicted molar refractivity (Wildman–Crippen MR) is 75.1 cm³/mol. The first-order chi connectivity index (χ1) is 9.07. The molecule has 0 aliphatic carbocycles. The molecule has 0 radical (unpaired) electrons. The summed E-state index contributed by atoms with van der Waals surface area (Å²) in [6.07, 6.45) is 9.35. The van der Waals surface area contributed by atoms with Gasteiger partial charge in [0.25, 0.3) is 0 Å². The van der Waals surface area contributed by atoms with Crippen LogP contribution in [0.2, 0.25) is 0 Å². The van der Waals surface area contributed by atoms with E-state index in [0.29, 0.717) is 0 Å². The number of methoxy groups -OCH3 is 1. The molecule has 0 bridgehead atoms. The summed E-state index contributed by atoms with van der Waals surface area (Å²) in [5.41, 5.74) is 2.13. The highest BCUT2D eigenvalue weighted by atomic mass is 16.5. The fourth-order valence-corrected chi connectivity index (χ4v) is 2.17. The van der Waals surface area contributed by atoms with Gasteiger partial charge in [-0.05, 0) is 33.7 Å². The van der Waals surface area contributed by atoms with Crippen LogP contribution in [0.15, 0.2) is 24.8 Å². The van der Waals surface area contributed by atoms with Gasteiger partial charge in [-0.3, -0.25) is 4.98 Å². The topological polar surface area (TPSA) is 51.5 Å². The second kappa shape index (κ2) is 5.67. The molecule has 0 saturated carbocycles. The van der Waals surface area contributed by atoms with Crippen molar-refractivity contribution in [2.45, 2.75) is 38.3 Å². The zero-order valence-electron chi connectivity index (χ0n) is 12.1. The highest BCUT2D eigenvalue weighted by Gasteiger charge is 2.21. The molecule has 0 aliphatic heterocycles. The smallest absolute Gasteiger partial charge is 0.0892 e. The molecule has 0 spiro atoms. The Morgan fingerprint density at radius 1 is 1.42 bits per heavy atom. The molecule has 0 fully saturated rings. The largest absolute Gasteiger partial charge is 0.379 e. The van der Waals surface area contributed by atoms with E-state index in [4.69, 9.17) is 4.74 Å². The van der Waals surface area contributed by atoms with E-state index >= 15 is 0 Å². The third kappa shape index (κ3) is 3.11. The Kier molecular flexibility index (Phi) is 4.17. The van der Waals surface area contributed by atoms with E-state index in [1.54, 1.807) is 13.3 Å². The van der Waals surface area contributed by atoms with Gasteiger partial charge in [0.05, 0.1) is 23.5 Å². The second-order valence-electron chi connectivity index (χ2n) is 5.35. The maximum atomic E-state index is 5.48. The van der Waals surface area contributed by atoms with Crippen LogP contribution in [0.5, 0.6) is 0 Å². The maximum Gasteiger partial charge on any atom is 0.0892 e. The molecule has 5 nitrogen and oxygen atoms in total. The summed E-state index contributed by atoms with van der Waals surface area (Å²) in [7, 11) is 3.73. The fraction of sp³-hybridized carbons (Fsp3) is 0.571. The molecule has 1 N–H and O–H groups in total. The molecule has 0 aliphatic rings. The molecule has 0 amide bonds. The molecule has 2 aromatic rings. The first-order valence-electron chi connectivity index (χ1n) is 6.57. The van der Waals surface area contributed by atoms with Gasteiger partial charge in [-0.25, -0.2) is 4.52 Å². The van der Waals surface area contributed by atoms with Crippen LogP contribution in [0.1, 0.15) is 38.3 Å². The van der Waals surface area contributed by atoms with Crippen molar-refractivity contribution in [1.29, 1.82) is 0 Å². The van der Waals surface area contributed by atoms with Crippen LogP contribution in [0.4, 0.5) is 0 Å². The van der Waals surface area contributed by atoms with Crippen molar-refractivity contribution in [3.63, 3.8) is 0 Å². The van der Waals surface area contributed by atoms with Crippen molar-refractivity contribution in [1.82, 2.24) is 19.9 Å². The number of aromatic nitrogens is 3. The Morgan fingerprint density at radius 2 is 2.21 bits per heavy atom. The third-order valence-corrected chi connectivity index (χ3v) is 3.67. The molecule has 0 saturated heterocycles. The molecular weight excluding hydrogens is 240 g/mol. The van der Waals surface area contributed by atoms with E-state index in [2.05, 4.69) is 29.2 Å². The highest BCUT2D eigenvalue weighted by molar-refractivity contribution is 5.53. The summed E-state index contributed by atoms with van der Waals surface area (Å²) in [5.74, 6) is 0. The number of hydrogen-bond donors (Lipinski definition) is 1. The molecule has 0 aromatic carbocycles. The Labute approximate surface area is 114 Å². The zero-order valence-corrected chi connectivity index (χ0v) is 12.1. The van der Waals surface area contributed by atoms with Gasteiger partial charge in [-0.1, -0.05) is 0 Å². The van der Waals surface area contributed by atoms with Gasteiger partial charge in [0.2, 0.25) is 0 Å².